The number of nitrogens with one attached hydrogen (secondary N) is 1. The van der Waals surface area contributed by atoms with Crippen LogP contribution < -0.4 is 5.32 Å². The van der Waals surface area contributed by atoms with Crippen molar-refractivity contribution in [2.75, 3.05) is 18.4 Å². The van der Waals surface area contributed by atoms with Gasteiger partial charge in [-0.3, -0.25) is 4.90 Å². The fraction of sp³-hybridized carbons (Fsp3) is 0.444. The first kappa shape index (κ1) is 13.7. The predicted molar refractivity (Wildman–Crippen MR) is 88.2 cm³/mol. The third kappa shape index (κ3) is 3.12. The Morgan fingerprint density at radius 3 is 2.82 bits per heavy atom. The third-order valence-corrected chi connectivity index (χ3v) is 4.58. The molecule has 4 rings (SSSR count). The van der Waals surface area contributed by atoms with E-state index in [4.69, 9.17) is 0 Å². The summed E-state index contributed by atoms with van der Waals surface area (Å²) in [6.07, 6.45) is 4.03. The van der Waals surface area contributed by atoms with E-state index < -0.39 is 0 Å². The van der Waals surface area contributed by atoms with Gasteiger partial charge in [0.05, 0.1) is 5.69 Å². The first-order valence-corrected chi connectivity index (χ1v) is 8.18. The second-order valence-corrected chi connectivity index (χ2v) is 6.60. The van der Waals surface area contributed by atoms with Crippen molar-refractivity contribution >= 4 is 11.5 Å². The molecule has 0 amide bonds. The minimum atomic E-state index is 0.802. The molecule has 0 bridgehead atoms. The third-order valence-electron chi connectivity index (χ3n) is 4.58. The highest BCUT2D eigenvalue weighted by atomic mass is 15.2. The molecule has 2 aromatic rings. The lowest BCUT2D eigenvalue weighted by atomic mass is 9.99. The van der Waals surface area contributed by atoms with Crippen molar-refractivity contribution in [3.8, 4) is 0 Å². The molecule has 0 unspecified atom stereocenters. The predicted octanol–water partition coefficient (Wildman–Crippen LogP) is 3.30. The zero-order valence-corrected chi connectivity index (χ0v) is 13.0. The fourth-order valence-electron chi connectivity index (χ4n) is 3.13. The zero-order chi connectivity index (χ0) is 14.9. The molecule has 4 heteroatoms. The van der Waals surface area contributed by atoms with Crippen molar-refractivity contribution in [3.63, 3.8) is 0 Å². The number of hydrogen-bond donors (Lipinski definition) is 1. The molecule has 0 saturated heterocycles. The van der Waals surface area contributed by atoms with E-state index in [-0.39, 0.29) is 0 Å². The van der Waals surface area contributed by atoms with Crippen LogP contribution in [0, 0.1) is 12.8 Å². The number of aryl methyl sites for hydroxylation is 1. The number of aromatic nitrogens is 2. The Kier molecular flexibility index (Phi) is 3.54. The van der Waals surface area contributed by atoms with Crippen LogP contribution in [0.4, 0.5) is 11.5 Å². The topological polar surface area (TPSA) is 41.0 Å². The average molecular weight is 294 g/mol. The van der Waals surface area contributed by atoms with E-state index in [0.29, 0.717) is 0 Å². The van der Waals surface area contributed by atoms with Gasteiger partial charge in [-0.2, -0.15) is 5.10 Å². The molecule has 1 aliphatic heterocycles. The minimum Gasteiger partial charge on any atom is -0.339 e. The van der Waals surface area contributed by atoms with E-state index in [2.05, 4.69) is 38.6 Å². The quantitative estimate of drug-likeness (QED) is 0.939. The summed E-state index contributed by atoms with van der Waals surface area (Å²) in [5, 5.41) is 11.6. The van der Waals surface area contributed by atoms with Gasteiger partial charge in [0.2, 0.25) is 0 Å². The summed E-state index contributed by atoms with van der Waals surface area (Å²) >= 11 is 0. The molecule has 0 radical (unpaired) electrons. The average Bonchev–Trinajstić information content (AvgIpc) is 3.33. The second kappa shape index (κ2) is 5.69. The van der Waals surface area contributed by atoms with Gasteiger partial charge in [0.15, 0.2) is 5.82 Å². The van der Waals surface area contributed by atoms with Gasteiger partial charge in [-0.1, -0.05) is 6.07 Å². The highest BCUT2D eigenvalue weighted by molar-refractivity contribution is 5.58. The molecule has 22 heavy (non-hydrogen) atoms. The van der Waals surface area contributed by atoms with E-state index in [0.717, 1.165) is 29.7 Å². The normalized spacial score (nSPS) is 18.0. The molecular formula is C18H22N4. The van der Waals surface area contributed by atoms with Crippen LogP contribution in [0.3, 0.4) is 0 Å². The summed E-state index contributed by atoms with van der Waals surface area (Å²) < 4.78 is 0. The molecule has 2 aliphatic rings. The molecular weight excluding hydrogens is 272 g/mol. The number of fused-ring (bicyclic) bond motifs is 1. The molecule has 0 atom stereocenters. The summed E-state index contributed by atoms with van der Waals surface area (Å²) in [5.41, 5.74) is 4.99. The fourth-order valence-corrected chi connectivity index (χ4v) is 3.13. The molecule has 2 heterocycles. The largest absolute Gasteiger partial charge is 0.339 e. The van der Waals surface area contributed by atoms with Crippen molar-refractivity contribution in [1.29, 1.82) is 0 Å². The minimum absolute atomic E-state index is 0.802. The summed E-state index contributed by atoms with van der Waals surface area (Å²) in [5.74, 6) is 1.77. The van der Waals surface area contributed by atoms with Gasteiger partial charge < -0.3 is 5.32 Å². The van der Waals surface area contributed by atoms with Gasteiger partial charge in [0.1, 0.15) is 0 Å². The molecule has 1 aromatic heterocycles. The van der Waals surface area contributed by atoms with Crippen molar-refractivity contribution in [3.05, 3.63) is 47.2 Å². The molecule has 1 saturated carbocycles. The van der Waals surface area contributed by atoms with Gasteiger partial charge in [0.25, 0.3) is 0 Å². The Balaban J connectivity index is 1.49. The maximum atomic E-state index is 4.18. The molecule has 1 aliphatic carbocycles. The standard InChI is InChI=1S/C18H22N4/c1-13-2-7-18(21-20-13)19-17-6-5-15-8-9-22(11-14-3-4-14)12-16(15)10-17/h2,5-7,10,14H,3-4,8-9,11-12H2,1H3,(H,19,21). The Bertz CT molecular complexity index is 661. The molecule has 1 aromatic carbocycles. The van der Waals surface area contributed by atoms with Crippen LogP contribution in [0.1, 0.15) is 29.7 Å². The Morgan fingerprint density at radius 1 is 1.14 bits per heavy atom. The summed E-state index contributed by atoms with van der Waals surface area (Å²) in [6.45, 7) is 5.52. The summed E-state index contributed by atoms with van der Waals surface area (Å²) in [4.78, 5) is 2.61. The smallest absolute Gasteiger partial charge is 0.153 e. The van der Waals surface area contributed by atoms with Crippen molar-refractivity contribution < 1.29 is 0 Å². The van der Waals surface area contributed by atoms with Crippen LogP contribution in [0.25, 0.3) is 0 Å². The molecule has 1 fully saturated rings. The lowest BCUT2D eigenvalue weighted by Gasteiger charge is -2.29. The van der Waals surface area contributed by atoms with Crippen LogP contribution in [0.2, 0.25) is 0 Å². The number of anilines is 2. The van der Waals surface area contributed by atoms with E-state index in [1.807, 2.05) is 19.1 Å². The molecule has 114 valence electrons. The van der Waals surface area contributed by atoms with Crippen LogP contribution >= 0.6 is 0 Å². The Hall–Kier alpha value is -1.94. The highest BCUT2D eigenvalue weighted by Gasteiger charge is 2.26. The van der Waals surface area contributed by atoms with Gasteiger partial charge in [0, 0.05) is 25.3 Å². The maximum Gasteiger partial charge on any atom is 0.153 e. The Morgan fingerprint density at radius 2 is 2.05 bits per heavy atom. The first-order valence-electron chi connectivity index (χ1n) is 8.18. The van der Waals surface area contributed by atoms with Gasteiger partial charge >= 0.3 is 0 Å². The number of hydrogen-bond acceptors (Lipinski definition) is 4. The van der Waals surface area contributed by atoms with E-state index in [1.165, 1.54) is 43.5 Å². The highest BCUT2D eigenvalue weighted by Crippen LogP contribution is 2.32. The second-order valence-electron chi connectivity index (χ2n) is 6.60. The van der Waals surface area contributed by atoms with E-state index in [9.17, 15) is 0 Å². The van der Waals surface area contributed by atoms with Crippen molar-refractivity contribution in [2.24, 2.45) is 5.92 Å². The maximum absolute atomic E-state index is 4.18. The van der Waals surface area contributed by atoms with Gasteiger partial charge in [-0.15, -0.1) is 5.10 Å². The lowest BCUT2D eigenvalue weighted by molar-refractivity contribution is 0.244. The zero-order valence-electron chi connectivity index (χ0n) is 13.0. The summed E-state index contributed by atoms with van der Waals surface area (Å²) in [7, 11) is 0. The molecule has 4 nitrogen and oxygen atoms in total. The van der Waals surface area contributed by atoms with Crippen molar-refractivity contribution in [2.45, 2.75) is 32.7 Å². The number of rotatable bonds is 4. The SMILES string of the molecule is Cc1ccc(Nc2ccc3c(c2)CN(CC2CC2)CC3)nn1. The molecule has 0 spiro atoms. The van der Waals surface area contributed by atoms with Crippen LogP contribution in [-0.2, 0) is 13.0 Å². The number of nitrogens with zero attached hydrogens (tertiary/aromatic N) is 3. The first-order chi connectivity index (χ1) is 10.8. The van der Waals surface area contributed by atoms with Crippen molar-refractivity contribution in [1.82, 2.24) is 15.1 Å². The van der Waals surface area contributed by atoms with Crippen LogP contribution in [-0.4, -0.2) is 28.2 Å². The van der Waals surface area contributed by atoms with Crippen LogP contribution in [0.15, 0.2) is 30.3 Å². The Labute approximate surface area is 131 Å². The van der Waals surface area contributed by atoms with Gasteiger partial charge in [-0.05, 0) is 67.5 Å². The number of benzene rings is 1. The van der Waals surface area contributed by atoms with Gasteiger partial charge in [-0.25, -0.2) is 0 Å². The van der Waals surface area contributed by atoms with E-state index >= 15 is 0 Å². The van der Waals surface area contributed by atoms with E-state index in [1.54, 1.807) is 0 Å². The van der Waals surface area contributed by atoms with Crippen LogP contribution in [0.5, 0.6) is 0 Å². The molecule has 1 N–H and O–H groups in total. The monoisotopic (exact) mass is 294 g/mol. The summed E-state index contributed by atoms with van der Waals surface area (Å²) in [6, 6.07) is 10.6. The lowest BCUT2D eigenvalue weighted by Crippen LogP contribution is -2.32.